The van der Waals surface area contributed by atoms with Gasteiger partial charge >= 0.3 is 0 Å². The van der Waals surface area contributed by atoms with E-state index in [2.05, 4.69) is 15.2 Å². The highest BCUT2D eigenvalue weighted by atomic mass is 16.1. The van der Waals surface area contributed by atoms with Crippen LogP contribution in [0.15, 0.2) is 17.1 Å². The summed E-state index contributed by atoms with van der Waals surface area (Å²) < 4.78 is 0. The predicted octanol–water partition coefficient (Wildman–Crippen LogP) is -0.167. The molecule has 5 heteroatoms. The van der Waals surface area contributed by atoms with E-state index >= 15 is 0 Å². The number of aromatic nitrogens is 3. The zero-order valence-electron chi connectivity index (χ0n) is 5.59. The average molecular weight is 150 g/mol. The first-order valence-electron chi connectivity index (χ1n) is 3.09. The van der Waals surface area contributed by atoms with E-state index in [9.17, 15) is 4.79 Å². The lowest BCUT2D eigenvalue weighted by Gasteiger charge is -1.90. The quantitative estimate of drug-likeness (QED) is 0.487. The molecular weight excluding hydrogens is 144 g/mol. The number of H-pyrrole nitrogens is 2. The number of aromatic amines is 2. The van der Waals surface area contributed by atoms with Gasteiger partial charge in [0.2, 0.25) is 0 Å². The van der Waals surface area contributed by atoms with Crippen LogP contribution in [0.2, 0.25) is 0 Å². The minimum atomic E-state index is -0.238. The van der Waals surface area contributed by atoms with Crippen molar-refractivity contribution in [1.29, 1.82) is 0 Å². The van der Waals surface area contributed by atoms with Crippen LogP contribution in [0.1, 0.15) is 0 Å². The summed E-state index contributed by atoms with van der Waals surface area (Å²) in [5.41, 5.74) is 5.61. The molecule has 56 valence electrons. The molecule has 2 aromatic heterocycles. The number of nitrogens with one attached hydrogen (secondary N) is 2. The van der Waals surface area contributed by atoms with Crippen LogP contribution in [-0.4, -0.2) is 15.2 Å². The fourth-order valence-corrected chi connectivity index (χ4v) is 0.984. The van der Waals surface area contributed by atoms with Gasteiger partial charge in [-0.2, -0.15) is 5.10 Å². The molecule has 0 bridgehead atoms. The van der Waals surface area contributed by atoms with Gasteiger partial charge in [0.15, 0.2) is 0 Å². The second-order valence-electron chi connectivity index (χ2n) is 2.25. The smallest absolute Gasteiger partial charge is 0.275 e. The van der Waals surface area contributed by atoms with E-state index in [0.29, 0.717) is 11.3 Å². The lowest BCUT2D eigenvalue weighted by molar-refractivity contribution is 1.11. The van der Waals surface area contributed by atoms with Gasteiger partial charge < -0.3 is 10.7 Å². The van der Waals surface area contributed by atoms with Crippen LogP contribution in [0, 0.1) is 0 Å². The number of hydrogen-bond donors (Lipinski definition) is 3. The minimum absolute atomic E-state index is 0.238. The Hall–Kier alpha value is -1.78. The Morgan fingerprint density at radius 3 is 3.18 bits per heavy atom. The average Bonchev–Trinajstić information content (AvgIpc) is 2.34. The van der Waals surface area contributed by atoms with E-state index < -0.39 is 0 Å². The fourth-order valence-electron chi connectivity index (χ4n) is 0.984. The SMILES string of the molecule is Nc1cc2cn[nH]c2c(=O)[nH]1. The molecule has 0 saturated heterocycles. The Balaban J connectivity index is 3.02. The normalized spacial score (nSPS) is 10.5. The lowest BCUT2D eigenvalue weighted by atomic mass is 10.3. The maximum Gasteiger partial charge on any atom is 0.275 e. The van der Waals surface area contributed by atoms with Gasteiger partial charge in [-0.3, -0.25) is 9.89 Å². The summed E-state index contributed by atoms with van der Waals surface area (Å²) in [7, 11) is 0. The molecule has 2 rings (SSSR count). The van der Waals surface area contributed by atoms with Crippen LogP contribution in [0.5, 0.6) is 0 Å². The summed E-state index contributed by atoms with van der Waals surface area (Å²) in [6.07, 6.45) is 1.56. The third-order valence-electron chi connectivity index (χ3n) is 1.46. The lowest BCUT2D eigenvalue weighted by Crippen LogP contribution is -2.08. The van der Waals surface area contributed by atoms with Crippen molar-refractivity contribution in [2.45, 2.75) is 0 Å². The first-order chi connectivity index (χ1) is 5.27. The van der Waals surface area contributed by atoms with Crippen LogP contribution in [-0.2, 0) is 0 Å². The van der Waals surface area contributed by atoms with E-state index in [1.165, 1.54) is 0 Å². The molecule has 0 amide bonds. The molecule has 0 radical (unpaired) electrons. The summed E-state index contributed by atoms with van der Waals surface area (Å²) in [5.74, 6) is 0.351. The van der Waals surface area contributed by atoms with Crippen LogP contribution in [0.3, 0.4) is 0 Å². The van der Waals surface area contributed by atoms with Gasteiger partial charge in [0.25, 0.3) is 5.56 Å². The second-order valence-corrected chi connectivity index (χ2v) is 2.25. The topological polar surface area (TPSA) is 87.6 Å². The first kappa shape index (κ1) is 5.96. The monoisotopic (exact) mass is 150 g/mol. The van der Waals surface area contributed by atoms with Crippen molar-refractivity contribution in [2.24, 2.45) is 0 Å². The molecule has 0 aliphatic rings. The number of anilines is 1. The molecule has 0 spiro atoms. The highest BCUT2D eigenvalue weighted by Gasteiger charge is 1.99. The van der Waals surface area contributed by atoms with Gasteiger partial charge in [0.1, 0.15) is 11.3 Å². The van der Waals surface area contributed by atoms with Gasteiger partial charge in [0, 0.05) is 5.39 Å². The molecule has 0 atom stereocenters. The molecule has 4 N–H and O–H groups in total. The number of nitrogens with two attached hydrogens (primary N) is 1. The van der Waals surface area contributed by atoms with Gasteiger partial charge in [-0.15, -0.1) is 0 Å². The molecule has 0 aliphatic carbocycles. The Labute approximate surface area is 61.2 Å². The van der Waals surface area contributed by atoms with Crippen molar-refractivity contribution >= 4 is 16.7 Å². The third kappa shape index (κ3) is 0.778. The number of nitrogens with zero attached hydrogens (tertiary/aromatic N) is 1. The fraction of sp³-hybridized carbons (Fsp3) is 0. The Morgan fingerprint density at radius 2 is 2.36 bits per heavy atom. The summed E-state index contributed by atoms with van der Waals surface area (Å²) >= 11 is 0. The van der Waals surface area contributed by atoms with E-state index in [-0.39, 0.29) is 5.56 Å². The van der Waals surface area contributed by atoms with E-state index in [0.717, 1.165) is 5.39 Å². The standard InChI is InChI=1S/C6H6N4O/c7-4-1-3-2-8-10-5(3)6(11)9-4/h1-2H,(H,8,10)(H3,7,9,11). The zero-order chi connectivity index (χ0) is 7.84. The van der Waals surface area contributed by atoms with Gasteiger partial charge in [-0.1, -0.05) is 0 Å². The van der Waals surface area contributed by atoms with E-state index in [1.54, 1.807) is 12.3 Å². The Kier molecular flexibility index (Phi) is 1.00. The Bertz CT molecular complexity index is 441. The second kappa shape index (κ2) is 1.85. The van der Waals surface area contributed by atoms with Crippen molar-refractivity contribution in [3.8, 4) is 0 Å². The van der Waals surface area contributed by atoms with Crippen LogP contribution >= 0.6 is 0 Å². The number of rotatable bonds is 0. The minimum Gasteiger partial charge on any atom is -0.385 e. The van der Waals surface area contributed by atoms with Gasteiger partial charge in [-0.05, 0) is 6.07 Å². The van der Waals surface area contributed by atoms with Gasteiger partial charge in [0.05, 0.1) is 6.20 Å². The van der Waals surface area contributed by atoms with Crippen LogP contribution in [0.25, 0.3) is 10.9 Å². The summed E-state index contributed by atoms with van der Waals surface area (Å²) in [5, 5.41) is 7.00. The molecule has 0 fully saturated rings. The molecule has 0 aromatic carbocycles. The molecule has 0 aliphatic heterocycles. The Morgan fingerprint density at radius 1 is 1.55 bits per heavy atom. The molecule has 2 heterocycles. The van der Waals surface area contributed by atoms with Crippen molar-refractivity contribution in [1.82, 2.24) is 15.2 Å². The number of hydrogen-bond acceptors (Lipinski definition) is 3. The maximum atomic E-state index is 11.1. The maximum absolute atomic E-state index is 11.1. The van der Waals surface area contributed by atoms with Crippen molar-refractivity contribution in [3.05, 3.63) is 22.6 Å². The highest BCUT2D eigenvalue weighted by molar-refractivity contribution is 5.78. The van der Waals surface area contributed by atoms with E-state index in [1.807, 2.05) is 0 Å². The van der Waals surface area contributed by atoms with Crippen LogP contribution in [0.4, 0.5) is 5.82 Å². The number of fused-ring (bicyclic) bond motifs is 1. The first-order valence-corrected chi connectivity index (χ1v) is 3.09. The van der Waals surface area contributed by atoms with Crippen LogP contribution < -0.4 is 11.3 Å². The third-order valence-corrected chi connectivity index (χ3v) is 1.46. The predicted molar refractivity (Wildman–Crippen MR) is 41.1 cm³/mol. The number of pyridine rings is 1. The molecule has 5 nitrogen and oxygen atoms in total. The summed E-state index contributed by atoms with van der Waals surface area (Å²) in [6.45, 7) is 0. The molecule has 11 heavy (non-hydrogen) atoms. The van der Waals surface area contributed by atoms with E-state index in [4.69, 9.17) is 5.73 Å². The molecular formula is C6H6N4O. The van der Waals surface area contributed by atoms with Crippen molar-refractivity contribution in [3.63, 3.8) is 0 Å². The molecule has 2 aromatic rings. The van der Waals surface area contributed by atoms with Crippen molar-refractivity contribution < 1.29 is 0 Å². The largest absolute Gasteiger partial charge is 0.385 e. The molecule has 0 saturated carbocycles. The summed E-state index contributed by atoms with van der Waals surface area (Å²) in [4.78, 5) is 13.5. The highest BCUT2D eigenvalue weighted by Crippen LogP contribution is 2.06. The zero-order valence-corrected chi connectivity index (χ0v) is 5.59. The van der Waals surface area contributed by atoms with Gasteiger partial charge in [-0.25, -0.2) is 0 Å². The summed E-state index contributed by atoms with van der Waals surface area (Å²) in [6, 6.07) is 1.65. The molecule has 0 unspecified atom stereocenters. The van der Waals surface area contributed by atoms with Crippen molar-refractivity contribution in [2.75, 3.05) is 5.73 Å². The number of nitrogen functional groups attached to an aromatic ring is 1.